The maximum atomic E-state index is 14.0. The number of ether oxygens (including phenoxy) is 2. The normalized spacial score (nSPS) is 12.3. The number of alkyl halides is 3. The molecule has 0 heterocycles. The zero-order chi connectivity index (χ0) is 30.9. The second kappa shape index (κ2) is 18.5. The van der Waals surface area contributed by atoms with Gasteiger partial charge in [0.2, 0.25) is 0 Å². The van der Waals surface area contributed by atoms with E-state index in [0.29, 0.717) is 49.8 Å². The van der Waals surface area contributed by atoms with Crippen molar-refractivity contribution in [2.24, 2.45) is 0 Å². The molecule has 0 spiro atoms. The number of unbranched alkanes of at least 4 members (excludes halogenated alkanes) is 7. The molecule has 0 aromatic heterocycles. The van der Waals surface area contributed by atoms with Crippen LogP contribution in [0.3, 0.4) is 0 Å². The summed E-state index contributed by atoms with van der Waals surface area (Å²) in [7, 11) is 0. The molecule has 0 saturated carbocycles. The van der Waals surface area contributed by atoms with Gasteiger partial charge in [-0.15, -0.1) is 0 Å². The van der Waals surface area contributed by atoms with Gasteiger partial charge in [-0.1, -0.05) is 57.9 Å². The number of anilines is 1. The average molecular weight is 607 g/mol. The summed E-state index contributed by atoms with van der Waals surface area (Å²) in [5.74, 6) is -0.440. The van der Waals surface area contributed by atoms with Crippen molar-refractivity contribution >= 4 is 5.69 Å². The van der Waals surface area contributed by atoms with Crippen molar-refractivity contribution in [3.63, 3.8) is 0 Å². The van der Waals surface area contributed by atoms with Crippen LogP contribution in [-0.2, 0) is 17.3 Å². The Morgan fingerprint density at radius 3 is 2.02 bits per heavy atom. The van der Waals surface area contributed by atoms with Gasteiger partial charge in [-0.3, -0.25) is 0 Å². The maximum absolute atomic E-state index is 14.0. The van der Waals surface area contributed by atoms with E-state index in [9.17, 15) is 22.0 Å². The van der Waals surface area contributed by atoms with Crippen LogP contribution in [0.1, 0.15) is 69.4 Å². The molecule has 3 aromatic rings. The Morgan fingerprint density at radius 1 is 0.767 bits per heavy atom. The van der Waals surface area contributed by atoms with Crippen molar-refractivity contribution in [1.82, 2.24) is 5.32 Å². The van der Waals surface area contributed by atoms with Gasteiger partial charge < -0.3 is 20.1 Å². The fourth-order valence-corrected chi connectivity index (χ4v) is 4.64. The van der Waals surface area contributed by atoms with E-state index in [1.54, 1.807) is 12.1 Å². The molecule has 0 aliphatic carbocycles. The molecule has 0 unspecified atom stereocenters. The van der Waals surface area contributed by atoms with Gasteiger partial charge in [0, 0.05) is 24.9 Å². The standard InChI is InChI=1S/C34H43F5N2O2/c1-2-3-4-5-6-7-8-9-22-42-25-29(40-21-20-26-10-19-32(33(36)23-26)34(37,38)39)24-41-28-13-17-31(18-14-28)43-30-15-11-27(35)12-16-30/h10-19,23,29,40-41H,2-9,20-22,24-25H2,1H3/t29-/m0/s1. The third kappa shape index (κ3) is 13.3. The lowest BCUT2D eigenvalue weighted by Gasteiger charge is -2.20. The van der Waals surface area contributed by atoms with Crippen LogP contribution in [0.2, 0.25) is 0 Å². The highest BCUT2D eigenvalue weighted by Crippen LogP contribution is 2.31. The van der Waals surface area contributed by atoms with E-state index in [4.69, 9.17) is 9.47 Å². The fraction of sp³-hybridized carbons (Fsp3) is 0.471. The summed E-state index contributed by atoms with van der Waals surface area (Å²) in [6, 6.07) is 16.1. The van der Waals surface area contributed by atoms with Crippen molar-refractivity contribution in [1.29, 1.82) is 0 Å². The van der Waals surface area contributed by atoms with Crippen LogP contribution in [0, 0.1) is 11.6 Å². The van der Waals surface area contributed by atoms with E-state index in [-0.39, 0.29) is 11.9 Å². The van der Waals surface area contributed by atoms with Gasteiger partial charge in [0.1, 0.15) is 23.1 Å². The monoisotopic (exact) mass is 606 g/mol. The quantitative estimate of drug-likeness (QED) is 0.0993. The molecule has 0 saturated heterocycles. The van der Waals surface area contributed by atoms with Crippen LogP contribution < -0.4 is 15.4 Å². The molecule has 9 heteroatoms. The van der Waals surface area contributed by atoms with E-state index < -0.39 is 17.6 Å². The molecule has 0 aliphatic heterocycles. The first-order valence-electron chi connectivity index (χ1n) is 15.2. The lowest BCUT2D eigenvalue weighted by atomic mass is 10.1. The van der Waals surface area contributed by atoms with Crippen molar-refractivity contribution in [3.8, 4) is 11.5 Å². The van der Waals surface area contributed by atoms with Gasteiger partial charge in [-0.2, -0.15) is 13.2 Å². The Hall–Kier alpha value is -3.17. The Kier molecular flexibility index (Phi) is 14.8. The average Bonchev–Trinajstić information content (AvgIpc) is 2.98. The second-order valence-electron chi connectivity index (χ2n) is 10.7. The third-order valence-electron chi connectivity index (χ3n) is 7.10. The Bertz CT molecular complexity index is 1190. The van der Waals surface area contributed by atoms with Gasteiger partial charge in [-0.05, 0) is 85.6 Å². The zero-order valence-electron chi connectivity index (χ0n) is 24.8. The summed E-state index contributed by atoms with van der Waals surface area (Å²) in [5, 5.41) is 6.77. The number of benzene rings is 3. The minimum absolute atomic E-state index is 0.0801. The molecule has 0 radical (unpaired) electrons. The van der Waals surface area contributed by atoms with E-state index in [1.165, 1.54) is 56.7 Å². The van der Waals surface area contributed by atoms with Crippen molar-refractivity contribution in [2.75, 3.05) is 31.6 Å². The lowest BCUT2D eigenvalue weighted by molar-refractivity contribution is -0.140. The molecule has 0 amide bonds. The minimum atomic E-state index is -4.71. The summed E-state index contributed by atoms with van der Waals surface area (Å²) in [4.78, 5) is 0. The summed E-state index contributed by atoms with van der Waals surface area (Å²) >= 11 is 0. The molecule has 1 atom stereocenters. The number of hydrogen-bond acceptors (Lipinski definition) is 4. The first kappa shape index (κ1) is 34.3. The van der Waals surface area contributed by atoms with Crippen molar-refractivity contribution < 1.29 is 31.4 Å². The molecular weight excluding hydrogens is 563 g/mol. The van der Waals surface area contributed by atoms with Crippen LogP contribution >= 0.6 is 0 Å². The lowest BCUT2D eigenvalue weighted by Crippen LogP contribution is -2.40. The molecule has 3 rings (SSSR count). The molecule has 236 valence electrons. The van der Waals surface area contributed by atoms with Crippen molar-refractivity contribution in [3.05, 3.63) is 89.5 Å². The second-order valence-corrected chi connectivity index (χ2v) is 10.7. The van der Waals surface area contributed by atoms with Gasteiger partial charge in [0.05, 0.1) is 12.2 Å². The zero-order valence-corrected chi connectivity index (χ0v) is 24.8. The topological polar surface area (TPSA) is 42.5 Å². The summed E-state index contributed by atoms with van der Waals surface area (Å²) in [6.07, 6.45) is 5.39. The molecule has 2 N–H and O–H groups in total. The van der Waals surface area contributed by atoms with Crippen LogP contribution in [0.25, 0.3) is 0 Å². The number of hydrogen-bond donors (Lipinski definition) is 2. The highest BCUT2D eigenvalue weighted by Gasteiger charge is 2.33. The van der Waals surface area contributed by atoms with Gasteiger partial charge in [0.15, 0.2) is 0 Å². The summed E-state index contributed by atoms with van der Waals surface area (Å²) in [6.45, 7) is 4.31. The van der Waals surface area contributed by atoms with Crippen LogP contribution in [-0.4, -0.2) is 32.3 Å². The number of nitrogens with one attached hydrogen (secondary N) is 2. The number of halogens is 5. The van der Waals surface area contributed by atoms with Gasteiger partial charge in [-0.25, -0.2) is 8.78 Å². The first-order valence-corrected chi connectivity index (χ1v) is 15.2. The molecule has 0 aliphatic rings. The Morgan fingerprint density at radius 2 is 1.40 bits per heavy atom. The van der Waals surface area contributed by atoms with Gasteiger partial charge in [0.25, 0.3) is 0 Å². The molecule has 0 fully saturated rings. The van der Waals surface area contributed by atoms with Crippen LogP contribution in [0.15, 0.2) is 66.7 Å². The maximum Gasteiger partial charge on any atom is 0.419 e. The van der Waals surface area contributed by atoms with Crippen LogP contribution in [0.5, 0.6) is 11.5 Å². The molecule has 4 nitrogen and oxygen atoms in total. The van der Waals surface area contributed by atoms with E-state index in [1.807, 2.05) is 24.3 Å². The highest BCUT2D eigenvalue weighted by molar-refractivity contribution is 5.47. The van der Waals surface area contributed by atoms with E-state index in [2.05, 4.69) is 17.6 Å². The molecular formula is C34H43F5N2O2. The smallest absolute Gasteiger partial charge is 0.419 e. The van der Waals surface area contributed by atoms with E-state index in [0.717, 1.165) is 30.7 Å². The van der Waals surface area contributed by atoms with E-state index >= 15 is 0 Å². The summed E-state index contributed by atoms with van der Waals surface area (Å²) < 4.78 is 77.5. The molecule has 0 bridgehead atoms. The SMILES string of the molecule is CCCCCCCCCCOC[C@H](CNc1ccc(Oc2ccc(F)cc2)cc1)NCCc1ccc(C(F)(F)F)c(F)c1. The predicted molar refractivity (Wildman–Crippen MR) is 162 cm³/mol. The Balaban J connectivity index is 1.47. The predicted octanol–water partition coefficient (Wildman–Crippen LogP) is 9.55. The van der Waals surface area contributed by atoms with Crippen LogP contribution in [0.4, 0.5) is 27.6 Å². The molecule has 3 aromatic carbocycles. The largest absolute Gasteiger partial charge is 0.457 e. The number of rotatable bonds is 20. The minimum Gasteiger partial charge on any atom is -0.457 e. The van der Waals surface area contributed by atoms with Crippen molar-refractivity contribution in [2.45, 2.75) is 76.9 Å². The molecule has 43 heavy (non-hydrogen) atoms. The first-order chi connectivity index (χ1) is 20.7. The fourth-order valence-electron chi connectivity index (χ4n) is 4.64. The Labute approximate surface area is 252 Å². The third-order valence-corrected chi connectivity index (χ3v) is 7.10. The summed E-state index contributed by atoms with van der Waals surface area (Å²) in [5.41, 5.74) is 0.0992. The van der Waals surface area contributed by atoms with Gasteiger partial charge >= 0.3 is 6.18 Å². The highest BCUT2D eigenvalue weighted by atomic mass is 19.4.